The van der Waals surface area contributed by atoms with Crippen LogP contribution in [0.5, 0.6) is 0 Å². The van der Waals surface area contributed by atoms with Gasteiger partial charge >= 0.3 is 0 Å². The number of hydrogen-bond acceptors (Lipinski definition) is 5. The molecule has 5 heteroatoms. The summed E-state index contributed by atoms with van der Waals surface area (Å²) >= 11 is 1.69. The molecule has 1 aliphatic rings. The van der Waals surface area contributed by atoms with Crippen molar-refractivity contribution in [3.8, 4) is 0 Å². The van der Waals surface area contributed by atoms with Gasteiger partial charge in [0.05, 0.1) is 22.3 Å². The summed E-state index contributed by atoms with van der Waals surface area (Å²) in [5.41, 5.74) is 3.95. The van der Waals surface area contributed by atoms with Gasteiger partial charge in [0.2, 0.25) is 0 Å². The minimum absolute atomic E-state index is 0.121. The number of ether oxygens (including phenoxy) is 1. The van der Waals surface area contributed by atoms with Crippen LogP contribution in [0.1, 0.15) is 42.8 Å². The number of nitrogens with zero attached hydrogens (tertiary/aromatic N) is 1. The van der Waals surface area contributed by atoms with E-state index >= 15 is 0 Å². The van der Waals surface area contributed by atoms with Crippen LogP contribution in [0.4, 0.5) is 0 Å². The fourth-order valence-electron chi connectivity index (χ4n) is 2.95. The second kappa shape index (κ2) is 6.10. The lowest BCUT2D eigenvalue weighted by molar-refractivity contribution is -0.0675. The standard InChI is InChI=1S/C13H23N3OS/c1-10-15-11(9-18-10)8-12(16-14)13(17-2)6-4-3-5-7-13/h9,12,16H,3-8,14H2,1-2H3. The summed E-state index contributed by atoms with van der Waals surface area (Å²) < 4.78 is 5.84. The summed E-state index contributed by atoms with van der Waals surface area (Å²) in [5.74, 6) is 5.76. The van der Waals surface area contributed by atoms with E-state index in [2.05, 4.69) is 15.8 Å². The zero-order valence-corrected chi connectivity index (χ0v) is 12.1. The zero-order chi connectivity index (χ0) is 13.0. The molecule has 0 radical (unpaired) electrons. The van der Waals surface area contributed by atoms with E-state index in [-0.39, 0.29) is 11.6 Å². The van der Waals surface area contributed by atoms with E-state index in [1.54, 1.807) is 11.3 Å². The normalized spacial score (nSPS) is 20.8. The Labute approximate surface area is 113 Å². The molecule has 0 aliphatic heterocycles. The number of hydrazine groups is 1. The molecule has 1 aliphatic carbocycles. The highest BCUT2D eigenvalue weighted by Gasteiger charge is 2.39. The largest absolute Gasteiger partial charge is 0.377 e. The lowest BCUT2D eigenvalue weighted by Gasteiger charge is -2.42. The molecule has 1 atom stereocenters. The third-order valence-electron chi connectivity index (χ3n) is 4.02. The van der Waals surface area contributed by atoms with Gasteiger partial charge in [0.25, 0.3) is 0 Å². The average molecular weight is 269 g/mol. The van der Waals surface area contributed by atoms with Crippen molar-refractivity contribution in [2.75, 3.05) is 7.11 Å². The Kier molecular flexibility index (Phi) is 4.72. The van der Waals surface area contributed by atoms with E-state index in [1.807, 2.05) is 14.0 Å². The molecule has 0 spiro atoms. The predicted molar refractivity (Wildman–Crippen MR) is 74.5 cm³/mol. The number of aromatic nitrogens is 1. The molecule has 1 aromatic heterocycles. The number of aryl methyl sites for hydroxylation is 1. The van der Waals surface area contributed by atoms with Crippen molar-refractivity contribution in [1.82, 2.24) is 10.4 Å². The SMILES string of the molecule is COC1(C(Cc2csc(C)n2)NN)CCCCC1. The summed E-state index contributed by atoms with van der Waals surface area (Å²) in [7, 11) is 1.81. The molecule has 1 unspecified atom stereocenters. The molecular formula is C13H23N3OS. The first kappa shape index (κ1) is 13.9. The van der Waals surface area contributed by atoms with Crippen LogP contribution in [-0.4, -0.2) is 23.7 Å². The van der Waals surface area contributed by atoms with Gasteiger partial charge in [-0.05, 0) is 19.8 Å². The summed E-state index contributed by atoms with van der Waals surface area (Å²) in [6.45, 7) is 2.03. The quantitative estimate of drug-likeness (QED) is 0.635. The Morgan fingerprint density at radius 3 is 2.72 bits per heavy atom. The van der Waals surface area contributed by atoms with E-state index in [0.29, 0.717) is 0 Å². The van der Waals surface area contributed by atoms with E-state index in [4.69, 9.17) is 10.6 Å². The number of hydrogen-bond donors (Lipinski definition) is 2. The Bertz CT molecular complexity index is 374. The molecule has 0 aromatic carbocycles. The van der Waals surface area contributed by atoms with E-state index < -0.39 is 0 Å². The summed E-state index contributed by atoms with van der Waals surface area (Å²) in [5, 5.41) is 3.22. The molecule has 2 rings (SSSR count). The van der Waals surface area contributed by atoms with Gasteiger partial charge in [-0.1, -0.05) is 19.3 Å². The van der Waals surface area contributed by atoms with Gasteiger partial charge in [-0.2, -0.15) is 0 Å². The lowest BCUT2D eigenvalue weighted by atomic mass is 9.78. The molecule has 1 heterocycles. The highest BCUT2D eigenvalue weighted by Crippen LogP contribution is 2.35. The van der Waals surface area contributed by atoms with Crippen LogP contribution >= 0.6 is 11.3 Å². The first-order valence-electron chi connectivity index (χ1n) is 6.62. The smallest absolute Gasteiger partial charge is 0.0897 e. The van der Waals surface area contributed by atoms with Crippen molar-refractivity contribution in [1.29, 1.82) is 0 Å². The van der Waals surface area contributed by atoms with Crippen molar-refractivity contribution in [3.05, 3.63) is 16.1 Å². The fraction of sp³-hybridized carbons (Fsp3) is 0.769. The lowest BCUT2D eigenvalue weighted by Crippen LogP contribution is -2.56. The van der Waals surface area contributed by atoms with Gasteiger partial charge in [-0.15, -0.1) is 11.3 Å². The number of nitrogens with two attached hydrogens (primary N) is 1. The third-order valence-corrected chi connectivity index (χ3v) is 4.84. The van der Waals surface area contributed by atoms with Crippen molar-refractivity contribution in [2.45, 2.75) is 57.1 Å². The molecule has 3 N–H and O–H groups in total. The van der Waals surface area contributed by atoms with E-state index in [1.165, 1.54) is 19.3 Å². The topological polar surface area (TPSA) is 60.2 Å². The van der Waals surface area contributed by atoms with Crippen LogP contribution in [0.25, 0.3) is 0 Å². The first-order valence-corrected chi connectivity index (χ1v) is 7.50. The van der Waals surface area contributed by atoms with Gasteiger partial charge in [-0.25, -0.2) is 4.98 Å². The maximum absolute atomic E-state index is 5.84. The van der Waals surface area contributed by atoms with Crippen LogP contribution in [0.3, 0.4) is 0 Å². The minimum Gasteiger partial charge on any atom is -0.377 e. The molecule has 4 nitrogen and oxygen atoms in total. The fourth-order valence-corrected chi connectivity index (χ4v) is 3.58. The number of thiazole rings is 1. The van der Waals surface area contributed by atoms with Crippen LogP contribution in [0.2, 0.25) is 0 Å². The minimum atomic E-state index is -0.121. The van der Waals surface area contributed by atoms with E-state index in [0.717, 1.165) is 30.0 Å². The average Bonchev–Trinajstić information content (AvgIpc) is 2.82. The van der Waals surface area contributed by atoms with Crippen LogP contribution in [0.15, 0.2) is 5.38 Å². The molecule has 0 saturated heterocycles. The summed E-state index contributed by atoms with van der Waals surface area (Å²) in [6, 6.07) is 0.143. The number of nitrogens with one attached hydrogen (secondary N) is 1. The second-order valence-corrected chi connectivity index (χ2v) is 6.17. The molecule has 0 amide bonds. The van der Waals surface area contributed by atoms with Crippen molar-refractivity contribution in [3.63, 3.8) is 0 Å². The maximum Gasteiger partial charge on any atom is 0.0897 e. The zero-order valence-electron chi connectivity index (χ0n) is 11.2. The van der Waals surface area contributed by atoms with Crippen molar-refractivity contribution in [2.24, 2.45) is 5.84 Å². The first-order chi connectivity index (χ1) is 8.70. The highest BCUT2D eigenvalue weighted by atomic mass is 32.1. The third kappa shape index (κ3) is 2.91. The van der Waals surface area contributed by atoms with E-state index in [9.17, 15) is 0 Å². The van der Waals surface area contributed by atoms with Crippen LogP contribution in [0, 0.1) is 6.92 Å². The maximum atomic E-state index is 5.84. The van der Waals surface area contributed by atoms with Crippen LogP contribution < -0.4 is 11.3 Å². The molecule has 18 heavy (non-hydrogen) atoms. The Hall–Kier alpha value is -0.490. The van der Waals surface area contributed by atoms with Gasteiger partial charge in [0.15, 0.2) is 0 Å². The molecule has 1 saturated carbocycles. The van der Waals surface area contributed by atoms with Crippen molar-refractivity contribution >= 4 is 11.3 Å². The highest BCUT2D eigenvalue weighted by molar-refractivity contribution is 7.09. The monoisotopic (exact) mass is 269 g/mol. The van der Waals surface area contributed by atoms with Crippen LogP contribution in [-0.2, 0) is 11.2 Å². The Balaban J connectivity index is 2.10. The number of rotatable bonds is 5. The molecule has 0 bridgehead atoms. The van der Waals surface area contributed by atoms with Gasteiger partial charge in [-0.3, -0.25) is 11.3 Å². The number of methoxy groups -OCH3 is 1. The molecular weight excluding hydrogens is 246 g/mol. The predicted octanol–water partition coefficient (Wildman–Crippen LogP) is 2.18. The molecule has 1 aromatic rings. The molecule has 102 valence electrons. The Morgan fingerprint density at radius 2 is 2.22 bits per heavy atom. The van der Waals surface area contributed by atoms with Gasteiger partial charge < -0.3 is 4.74 Å². The Morgan fingerprint density at radius 1 is 1.50 bits per heavy atom. The van der Waals surface area contributed by atoms with Gasteiger partial charge in [0, 0.05) is 18.9 Å². The summed E-state index contributed by atoms with van der Waals surface area (Å²) in [6.07, 6.45) is 6.76. The second-order valence-electron chi connectivity index (χ2n) is 5.11. The summed E-state index contributed by atoms with van der Waals surface area (Å²) in [4.78, 5) is 4.53. The molecule has 1 fully saturated rings. The van der Waals surface area contributed by atoms with Crippen molar-refractivity contribution < 1.29 is 4.74 Å². The van der Waals surface area contributed by atoms with Gasteiger partial charge in [0.1, 0.15) is 0 Å².